The summed E-state index contributed by atoms with van der Waals surface area (Å²) in [6.07, 6.45) is 0. The highest BCUT2D eigenvalue weighted by molar-refractivity contribution is 5.88. The molecule has 1 aromatic carbocycles. The normalized spacial score (nSPS) is 9.84. The number of amides is 2. The molecule has 0 aromatic heterocycles. The first kappa shape index (κ1) is 15.0. The lowest BCUT2D eigenvalue weighted by atomic mass is 10.3. The predicted octanol–water partition coefficient (Wildman–Crippen LogP) is 2.71. The maximum Gasteiger partial charge on any atom is 0.321 e. The maximum atomic E-state index is 11.4. The minimum atomic E-state index is -0.168. The molecule has 0 spiro atoms. The zero-order chi connectivity index (χ0) is 14.3. The molecule has 0 saturated carbocycles. The number of urea groups is 1. The van der Waals surface area contributed by atoms with Gasteiger partial charge in [-0.05, 0) is 31.2 Å². The Balaban J connectivity index is 2.39. The van der Waals surface area contributed by atoms with Gasteiger partial charge in [-0.1, -0.05) is 12.2 Å². The van der Waals surface area contributed by atoms with Gasteiger partial charge < -0.3 is 19.7 Å². The lowest BCUT2D eigenvalue weighted by Crippen LogP contribution is -2.27. The Morgan fingerprint density at radius 1 is 1.32 bits per heavy atom. The van der Waals surface area contributed by atoms with Crippen LogP contribution in [0, 0.1) is 0 Å². The number of ether oxygens (including phenoxy) is 2. The quantitative estimate of drug-likeness (QED) is 0.488. The van der Waals surface area contributed by atoms with Gasteiger partial charge in [-0.3, -0.25) is 0 Å². The van der Waals surface area contributed by atoms with Crippen molar-refractivity contribution in [1.29, 1.82) is 0 Å². The van der Waals surface area contributed by atoms with Crippen LogP contribution in [0.4, 0.5) is 10.5 Å². The van der Waals surface area contributed by atoms with Crippen LogP contribution in [0.2, 0.25) is 0 Å². The topological polar surface area (TPSA) is 50.8 Å². The monoisotopic (exact) mass is 264 g/mol. The van der Waals surface area contributed by atoms with Gasteiger partial charge in [-0.2, -0.15) is 0 Å². The summed E-state index contributed by atoms with van der Waals surface area (Å²) in [5.74, 6) is 0.685. The van der Waals surface area contributed by atoms with E-state index in [4.69, 9.17) is 9.47 Å². The van der Waals surface area contributed by atoms with E-state index >= 15 is 0 Å². The Hall–Kier alpha value is -2.01. The van der Waals surface area contributed by atoms with E-state index in [0.29, 0.717) is 18.0 Å². The SMILES string of the molecule is C=C(C)COCOc1ccc(NC(=O)N(C)C)cc1. The third-order valence-electron chi connectivity index (χ3n) is 2.17. The lowest BCUT2D eigenvalue weighted by Gasteiger charge is -2.12. The Kier molecular flexibility index (Phi) is 5.89. The van der Waals surface area contributed by atoms with Crippen LogP contribution in [-0.4, -0.2) is 38.4 Å². The molecular formula is C14H20N2O3. The summed E-state index contributed by atoms with van der Waals surface area (Å²) in [5.41, 5.74) is 1.67. The smallest absolute Gasteiger partial charge is 0.321 e. The van der Waals surface area contributed by atoms with Crippen LogP contribution < -0.4 is 10.1 Å². The summed E-state index contributed by atoms with van der Waals surface area (Å²) in [6.45, 7) is 6.28. The van der Waals surface area contributed by atoms with Crippen LogP contribution in [0.5, 0.6) is 5.75 Å². The molecule has 0 aliphatic heterocycles. The number of hydrogen-bond donors (Lipinski definition) is 1. The van der Waals surface area contributed by atoms with Crippen LogP contribution in [0.3, 0.4) is 0 Å². The average molecular weight is 264 g/mol. The molecule has 0 fully saturated rings. The number of carbonyl (C=O) groups is 1. The molecule has 1 rings (SSSR count). The van der Waals surface area contributed by atoms with Crippen molar-refractivity contribution in [2.45, 2.75) is 6.92 Å². The molecular weight excluding hydrogens is 244 g/mol. The summed E-state index contributed by atoms with van der Waals surface area (Å²) in [7, 11) is 3.37. The first-order valence-electron chi connectivity index (χ1n) is 5.92. The van der Waals surface area contributed by atoms with Crippen LogP contribution in [0.25, 0.3) is 0 Å². The minimum absolute atomic E-state index is 0.168. The molecule has 0 unspecified atom stereocenters. The van der Waals surface area contributed by atoms with Crippen molar-refractivity contribution >= 4 is 11.7 Å². The standard InChI is InChI=1S/C14H20N2O3/c1-11(2)9-18-10-19-13-7-5-12(6-8-13)15-14(17)16(3)4/h5-8H,1,9-10H2,2-4H3,(H,15,17). The predicted molar refractivity (Wildman–Crippen MR) is 75.4 cm³/mol. The van der Waals surface area contributed by atoms with Gasteiger partial charge in [-0.25, -0.2) is 4.79 Å². The largest absolute Gasteiger partial charge is 0.468 e. The fraction of sp³-hybridized carbons (Fsp3) is 0.357. The van der Waals surface area contributed by atoms with Crippen molar-refractivity contribution < 1.29 is 14.3 Å². The van der Waals surface area contributed by atoms with E-state index in [1.165, 1.54) is 4.90 Å². The van der Waals surface area contributed by atoms with Gasteiger partial charge in [0.25, 0.3) is 0 Å². The number of carbonyl (C=O) groups excluding carboxylic acids is 1. The van der Waals surface area contributed by atoms with Gasteiger partial charge in [0.05, 0.1) is 6.61 Å². The molecule has 5 heteroatoms. The Morgan fingerprint density at radius 2 is 1.95 bits per heavy atom. The Bertz CT molecular complexity index is 427. The summed E-state index contributed by atoms with van der Waals surface area (Å²) in [6, 6.07) is 6.92. The summed E-state index contributed by atoms with van der Waals surface area (Å²) in [4.78, 5) is 12.9. The first-order chi connectivity index (χ1) is 8.99. The fourth-order valence-corrected chi connectivity index (χ4v) is 1.20. The Labute approximate surface area is 113 Å². The van der Waals surface area contributed by atoms with Crippen molar-refractivity contribution in [3.63, 3.8) is 0 Å². The van der Waals surface area contributed by atoms with Crippen LogP contribution in [-0.2, 0) is 4.74 Å². The van der Waals surface area contributed by atoms with Gasteiger partial charge >= 0.3 is 6.03 Å². The molecule has 0 aliphatic rings. The molecule has 19 heavy (non-hydrogen) atoms. The molecule has 104 valence electrons. The number of rotatable bonds is 6. The molecule has 1 aromatic rings. The van der Waals surface area contributed by atoms with Gasteiger partial charge in [0.1, 0.15) is 5.75 Å². The molecule has 0 bridgehead atoms. The number of benzene rings is 1. The zero-order valence-corrected chi connectivity index (χ0v) is 11.6. The third kappa shape index (κ3) is 5.92. The van der Waals surface area contributed by atoms with Crippen molar-refractivity contribution in [1.82, 2.24) is 4.90 Å². The van der Waals surface area contributed by atoms with E-state index in [0.717, 1.165) is 5.57 Å². The molecule has 0 radical (unpaired) electrons. The number of nitrogens with one attached hydrogen (secondary N) is 1. The molecule has 0 aliphatic carbocycles. The van der Waals surface area contributed by atoms with Gasteiger partial charge in [0, 0.05) is 19.8 Å². The van der Waals surface area contributed by atoms with Crippen molar-refractivity contribution in [2.24, 2.45) is 0 Å². The highest BCUT2D eigenvalue weighted by atomic mass is 16.7. The second-order valence-corrected chi connectivity index (χ2v) is 4.42. The zero-order valence-electron chi connectivity index (χ0n) is 11.6. The molecule has 1 N–H and O–H groups in total. The third-order valence-corrected chi connectivity index (χ3v) is 2.17. The Morgan fingerprint density at radius 3 is 2.47 bits per heavy atom. The summed E-state index contributed by atoms with van der Waals surface area (Å²) >= 11 is 0. The van der Waals surface area contributed by atoms with Crippen molar-refractivity contribution in [3.8, 4) is 5.75 Å². The van der Waals surface area contributed by atoms with E-state index < -0.39 is 0 Å². The van der Waals surface area contributed by atoms with E-state index in [1.54, 1.807) is 38.4 Å². The lowest BCUT2D eigenvalue weighted by molar-refractivity contribution is 0.0275. The second kappa shape index (κ2) is 7.43. The highest BCUT2D eigenvalue weighted by Gasteiger charge is 2.03. The van der Waals surface area contributed by atoms with Crippen LogP contribution >= 0.6 is 0 Å². The maximum absolute atomic E-state index is 11.4. The molecule has 0 atom stereocenters. The van der Waals surface area contributed by atoms with E-state index in [1.807, 2.05) is 6.92 Å². The average Bonchev–Trinajstić information content (AvgIpc) is 2.36. The molecule has 2 amide bonds. The summed E-state index contributed by atoms with van der Waals surface area (Å²) in [5, 5.41) is 2.74. The molecule has 0 heterocycles. The van der Waals surface area contributed by atoms with Gasteiger partial charge in [0.2, 0.25) is 0 Å². The van der Waals surface area contributed by atoms with E-state index in [2.05, 4.69) is 11.9 Å². The molecule has 5 nitrogen and oxygen atoms in total. The number of anilines is 1. The minimum Gasteiger partial charge on any atom is -0.468 e. The first-order valence-corrected chi connectivity index (χ1v) is 5.92. The second-order valence-electron chi connectivity index (χ2n) is 4.42. The fourth-order valence-electron chi connectivity index (χ4n) is 1.20. The van der Waals surface area contributed by atoms with Crippen molar-refractivity contribution in [2.75, 3.05) is 32.8 Å². The number of nitrogens with zero attached hydrogens (tertiary/aromatic N) is 1. The van der Waals surface area contributed by atoms with E-state index in [9.17, 15) is 4.79 Å². The van der Waals surface area contributed by atoms with Gasteiger partial charge in [-0.15, -0.1) is 0 Å². The highest BCUT2D eigenvalue weighted by Crippen LogP contribution is 2.15. The van der Waals surface area contributed by atoms with Crippen LogP contribution in [0.15, 0.2) is 36.4 Å². The van der Waals surface area contributed by atoms with Gasteiger partial charge in [0.15, 0.2) is 6.79 Å². The van der Waals surface area contributed by atoms with E-state index in [-0.39, 0.29) is 12.8 Å². The number of hydrogen-bond acceptors (Lipinski definition) is 3. The summed E-state index contributed by atoms with van der Waals surface area (Å²) < 4.78 is 10.6. The van der Waals surface area contributed by atoms with Crippen molar-refractivity contribution in [3.05, 3.63) is 36.4 Å². The van der Waals surface area contributed by atoms with Crippen LogP contribution in [0.1, 0.15) is 6.92 Å². The molecule has 0 saturated heterocycles.